The molecule has 6 heteroatoms. The number of aryl methyl sites for hydroxylation is 1. The van der Waals surface area contributed by atoms with Gasteiger partial charge in [-0.15, -0.1) is 0 Å². The predicted molar refractivity (Wildman–Crippen MR) is 78.8 cm³/mol. The zero-order chi connectivity index (χ0) is 15.5. The lowest BCUT2D eigenvalue weighted by molar-refractivity contribution is -0.0469. The highest BCUT2D eigenvalue weighted by Gasteiger charge is 2.28. The second-order valence-corrected chi connectivity index (χ2v) is 5.48. The number of hydrogen-bond acceptors (Lipinski definition) is 5. The first-order valence-electron chi connectivity index (χ1n) is 7.61. The Hall–Kier alpha value is -1.79. The summed E-state index contributed by atoms with van der Waals surface area (Å²) >= 11 is 0. The lowest BCUT2D eigenvalue weighted by atomic mass is 10.1. The van der Waals surface area contributed by atoms with Crippen molar-refractivity contribution in [3.63, 3.8) is 0 Å². The molecule has 0 aliphatic carbocycles. The highest BCUT2D eigenvalue weighted by molar-refractivity contribution is 5.19. The third-order valence-corrected chi connectivity index (χ3v) is 4.04. The van der Waals surface area contributed by atoms with E-state index >= 15 is 0 Å². The van der Waals surface area contributed by atoms with Gasteiger partial charge in [0.25, 0.3) is 0 Å². The number of aromatic nitrogens is 2. The maximum absolute atomic E-state index is 13.0. The van der Waals surface area contributed by atoms with Crippen molar-refractivity contribution in [3.05, 3.63) is 47.4 Å². The molecule has 0 radical (unpaired) electrons. The summed E-state index contributed by atoms with van der Waals surface area (Å²) in [6.07, 6.45) is 0.697. The molecule has 1 saturated heterocycles. The predicted octanol–water partition coefficient (Wildman–Crippen LogP) is 2.91. The van der Waals surface area contributed by atoms with Gasteiger partial charge in [-0.25, -0.2) is 4.39 Å². The summed E-state index contributed by atoms with van der Waals surface area (Å²) in [5.74, 6) is 1.13. The van der Waals surface area contributed by atoms with Gasteiger partial charge in [0.1, 0.15) is 5.82 Å². The monoisotopic (exact) mass is 305 g/mol. The summed E-state index contributed by atoms with van der Waals surface area (Å²) in [7, 11) is 0. The van der Waals surface area contributed by atoms with E-state index in [1.54, 1.807) is 12.1 Å². The number of rotatable bonds is 4. The highest BCUT2D eigenvalue weighted by Crippen LogP contribution is 2.28. The summed E-state index contributed by atoms with van der Waals surface area (Å²) in [5, 5.41) is 3.95. The van der Waals surface area contributed by atoms with Crippen LogP contribution in [0.4, 0.5) is 4.39 Å². The van der Waals surface area contributed by atoms with Gasteiger partial charge in [-0.1, -0.05) is 24.2 Å². The van der Waals surface area contributed by atoms with Gasteiger partial charge in [0.05, 0.1) is 18.8 Å². The first-order valence-corrected chi connectivity index (χ1v) is 7.61. The summed E-state index contributed by atoms with van der Waals surface area (Å²) in [6.45, 7) is 6.21. The van der Waals surface area contributed by atoms with Gasteiger partial charge in [-0.3, -0.25) is 4.90 Å². The van der Waals surface area contributed by atoms with Crippen LogP contribution in [0.3, 0.4) is 0 Å². The second-order valence-electron chi connectivity index (χ2n) is 5.48. The first kappa shape index (κ1) is 15.1. The van der Waals surface area contributed by atoms with Gasteiger partial charge in [-0.2, -0.15) is 4.98 Å². The van der Waals surface area contributed by atoms with E-state index in [0.717, 1.165) is 30.9 Å². The van der Waals surface area contributed by atoms with Crippen molar-refractivity contribution in [1.82, 2.24) is 15.0 Å². The van der Waals surface area contributed by atoms with Crippen LogP contribution in [0.15, 0.2) is 28.8 Å². The standard InChI is InChI=1S/C16H20FN3O2/c1-3-15-18-16(22-19-15)11(2)20-8-9-21-14(10-20)12-4-6-13(17)7-5-12/h4-7,11,14H,3,8-10H2,1-2H3/t11-,14-/m0/s1. The van der Waals surface area contributed by atoms with E-state index in [0.29, 0.717) is 12.5 Å². The topological polar surface area (TPSA) is 51.4 Å². The Morgan fingerprint density at radius 1 is 1.36 bits per heavy atom. The average molecular weight is 305 g/mol. The Labute approximate surface area is 129 Å². The molecule has 0 saturated carbocycles. The quantitative estimate of drug-likeness (QED) is 0.869. The highest BCUT2D eigenvalue weighted by atomic mass is 19.1. The molecule has 1 aliphatic heterocycles. The van der Waals surface area contributed by atoms with E-state index < -0.39 is 0 Å². The fourth-order valence-electron chi connectivity index (χ4n) is 2.64. The molecule has 22 heavy (non-hydrogen) atoms. The van der Waals surface area contributed by atoms with Crippen LogP contribution in [-0.4, -0.2) is 34.7 Å². The third-order valence-electron chi connectivity index (χ3n) is 4.04. The van der Waals surface area contributed by atoms with Crippen LogP contribution < -0.4 is 0 Å². The fourth-order valence-corrected chi connectivity index (χ4v) is 2.64. The average Bonchev–Trinajstić information content (AvgIpc) is 3.04. The molecular formula is C16H20FN3O2. The van der Waals surface area contributed by atoms with Crippen molar-refractivity contribution in [3.8, 4) is 0 Å². The molecule has 3 rings (SSSR count). The molecule has 118 valence electrons. The molecule has 1 fully saturated rings. The van der Waals surface area contributed by atoms with E-state index in [-0.39, 0.29) is 18.0 Å². The van der Waals surface area contributed by atoms with Gasteiger partial charge in [0.15, 0.2) is 5.82 Å². The van der Waals surface area contributed by atoms with Gasteiger partial charge in [-0.05, 0) is 24.6 Å². The molecular weight excluding hydrogens is 285 g/mol. The van der Waals surface area contributed by atoms with Crippen molar-refractivity contribution < 1.29 is 13.7 Å². The number of benzene rings is 1. The molecule has 0 amide bonds. The zero-order valence-corrected chi connectivity index (χ0v) is 12.8. The molecule has 0 unspecified atom stereocenters. The smallest absolute Gasteiger partial charge is 0.243 e. The summed E-state index contributed by atoms with van der Waals surface area (Å²) in [6, 6.07) is 6.52. The zero-order valence-electron chi connectivity index (χ0n) is 12.8. The van der Waals surface area contributed by atoms with Crippen molar-refractivity contribution in [2.45, 2.75) is 32.4 Å². The lowest BCUT2D eigenvalue weighted by Gasteiger charge is -2.35. The third kappa shape index (κ3) is 3.18. The van der Waals surface area contributed by atoms with E-state index in [1.165, 1.54) is 12.1 Å². The molecule has 2 atom stereocenters. The Kier molecular flexibility index (Phi) is 4.49. The number of nitrogens with zero attached hydrogens (tertiary/aromatic N) is 3. The number of ether oxygens (including phenoxy) is 1. The summed E-state index contributed by atoms with van der Waals surface area (Å²) in [4.78, 5) is 6.66. The minimum Gasteiger partial charge on any atom is -0.371 e. The molecule has 5 nitrogen and oxygen atoms in total. The molecule has 0 N–H and O–H groups in total. The van der Waals surface area contributed by atoms with Crippen molar-refractivity contribution in [1.29, 1.82) is 0 Å². The Bertz CT molecular complexity index is 614. The van der Waals surface area contributed by atoms with Gasteiger partial charge in [0, 0.05) is 19.5 Å². The van der Waals surface area contributed by atoms with Crippen molar-refractivity contribution >= 4 is 0 Å². The van der Waals surface area contributed by atoms with Crippen LogP contribution >= 0.6 is 0 Å². The van der Waals surface area contributed by atoms with Gasteiger partial charge < -0.3 is 9.26 Å². The summed E-state index contributed by atoms with van der Waals surface area (Å²) < 4.78 is 24.2. The molecule has 1 aliphatic rings. The minimum atomic E-state index is -0.234. The van der Waals surface area contributed by atoms with Gasteiger partial charge in [0.2, 0.25) is 5.89 Å². The van der Waals surface area contributed by atoms with E-state index in [9.17, 15) is 4.39 Å². The molecule has 0 bridgehead atoms. The molecule has 1 aromatic carbocycles. The summed E-state index contributed by atoms with van der Waals surface area (Å²) in [5.41, 5.74) is 0.984. The maximum Gasteiger partial charge on any atom is 0.243 e. The largest absolute Gasteiger partial charge is 0.371 e. The molecule has 2 aromatic rings. The molecule has 2 heterocycles. The van der Waals surface area contributed by atoms with E-state index in [2.05, 4.69) is 22.0 Å². The lowest BCUT2D eigenvalue weighted by Crippen LogP contribution is -2.40. The molecule has 0 spiro atoms. The van der Waals surface area contributed by atoms with Crippen molar-refractivity contribution in [2.24, 2.45) is 0 Å². The minimum absolute atomic E-state index is 0.0413. The van der Waals surface area contributed by atoms with Crippen molar-refractivity contribution in [2.75, 3.05) is 19.7 Å². The van der Waals surface area contributed by atoms with Crippen LogP contribution in [0.5, 0.6) is 0 Å². The Morgan fingerprint density at radius 3 is 2.82 bits per heavy atom. The van der Waals surface area contributed by atoms with Crippen LogP contribution in [0, 0.1) is 5.82 Å². The maximum atomic E-state index is 13.0. The van der Waals surface area contributed by atoms with Crippen LogP contribution in [0.1, 0.15) is 43.3 Å². The van der Waals surface area contributed by atoms with Crippen LogP contribution in [-0.2, 0) is 11.2 Å². The number of morpholine rings is 1. The van der Waals surface area contributed by atoms with E-state index in [4.69, 9.17) is 9.26 Å². The number of hydrogen-bond donors (Lipinski definition) is 0. The van der Waals surface area contributed by atoms with E-state index in [1.807, 2.05) is 6.92 Å². The number of halogens is 1. The molecule has 1 aromatic heterocycles. The normalized spacial score (nSPS) is 21.0. The fraction of sp³-hybridized carbons (Fsp3) is 0.500. The second kappa shape index (κ2) is 6.54. The first-order chi connectivity index (χ1) is 10.7. The van der Waals surface area contributed by atoms with Crippen LogP contribution in [0.25, 0.3) is 0 Å². The SMILES string of the molecule is CCc1noc([C@H](C)N2CCO[C@H](c3ccc(F)cc3)C2)n1. The Morgan fingerprint density at radius 2 is 2.14 bits per heavy atom. The van der Waals surface area contributed by atoms with Gasteiger partial charge >= 0.3 is 0 Å². The Balaban J connectivity index is 1.70. The van der Waals surface area contributed by atoms with Crippen LogP contribution in [0.2, 0.25) is 0 Å².